The van der Waals surface area contributed by atoms with Gasteiger partial charge in [-0.05, 0) is 50.1 Å². The third-order valence-electron chi connectivity index (χ3n) is 2.85. The Morgan fingerprint density at radius 2 is 2.00 bits per heavy atom. The molecule has 0 unspecified atom stereocenters. The fourth-order valence-corrected chi connectivity index (χ4v) is 1.95. The van der Waals surface area contributed by atoms with E-state index in [4.69, 9.17) is 9.47 Å². The van der Waals surface area contributed by atoms with Crippen molar-refractivity contribution < 1.29 is 9.47 Å². The molecule has 2 rings (SSSR count). The van der Waals surface area contributed by atoms with Gasteiger partial charge in [0.25, 0.3) is 0 Å². The van der Waals surface area contributed by atoms with Crippen molar-refractivity contribution in [1.82, 2.24) is 5.32 Å². The van der Waals surface area contributed by atoms with Crippen molar-refractivity contribution in [3.8, 4) is 11.5 Å². The van der Waals surface area contributed by atoms with Gasteiger partial charge in [0, 0.05) is 6.54 Å². The summed E-state index contributed by atoms with van der Waals surface area (Å²) in [5, 5.41) is 3.34. The Morgan fingerprint density at radius 1 is 1.24 bits per heavy atom. The fourth-order valence-electron chi connectivity index (χ4n) is 1.95. The SMILES string of the molecule is CCCOc1ccc(O[C@H]2CCCNC2)cc1. The van der Waals surface area contributed by atoms with Gasteiger partial charge in [0.05, 0.1) is 6.61 Å². The van der Waals surface area contributed by atoms with E-state index < -0.39 is 0 Å². The number of piperidine rings is 1. The third-order valence-corrected chi connectivity index (χ3v) is 2.85. The summed E-state index contributed by atoms with van der Waals surface area (Å²) in [5.41, 5.74) is 0. The number of benzene rings is 1. The minimum absolute atomic E-state index is 0.311. The first-order valence-corrected chi connectivity index (χ1v) is 6.48. The van der Waals surface area contributed by atoms with Gasteiger partial charge in [0.15, 0.2) is 0 Å². The molecule has 94 valence electrons. The van der Waals surface area contributed by atoms with E-state index in [1.165, 1.54) is 6.42 Å². The van der Waals surface area contributed by atoms with Crippen LogP contribution in [0.1, 0.15) is 26.2 Å². The van der Waals surface area contributed by atoms with Gasteiger partial charge in [-0.2, -0.15) is 0 Å². The van der Waals surface area contributed by atoms with E-state index in [0.717, 1.165) is 44.0 Å². The van der Waals surface area contributed by atoms with E-state index in [1.807, 2.05) is 24.3 Å². The average molecular weight is 235 g/mol. The second kappa shape index (κ2) is 6.50. The van der Waals surface area contributed by atoms with Gasteiger partial charge < -0.3 is 14.8 Å². The van der Waals surface area contributed by atoms with Crippen molar-refractivity contribution in [2.75, 3.05) is 19.7 Å². The molecule has 1 saturated heterocycles. The summed E-state index contributed by atoms with van der Waals surface area (Å²) >= 11 is 0. The molecule has 1 aromatic rings. The largest absolute Gasteiger partial charge is 0.494 e. The second-order valence-corrected chi connectivity index (χ2v) is 4.41. The lowest BCUT2D eigenvalue weighted by Crippen LogP contribution is -2.37. The molecule has 3 heteroatoms. The summed E-state index contributed by atoms with van der Waals surface area (Å²) in [6.45, 7) is 4.94. The highest BCUT2D eigenvalue weighted by Gasteiger charge is 2.13. The van der Waals surface area contributed by atoms with Crippen LogP contribution in [0.5, 0.6) is 11.5 Å². The van der Waals surface area contributed by atoms with Crippen LogP contribution in [0.4, 0.5) is 0 Å². The summed E-state index contributed by atoms with van der Waals surface area (Å²) in [6, 6.07) is 7.92. The number of nitrogens with one attached hydrogen (secondary N) is 1. The standard InChI is InChI=1S/C14H21NO2/c1-2-10-16-12-5-7-13(8-6-12)17-14-4-3-9-15-11-14/h5-8,14-15H,2-4,9-11H2,1H3/t14-/m0/s1. The Labute approximate surface area is 103 Å². The van der Waals surface area contributed by atoms with Crippen molar-refractivity contribution in [1.29, 1.82) is 0 Å². The molecule has 1 aliphatic heterocycles. The topological polar surface area (TPSA) is 30.5 Å². The zero-order valence-electron chi connectivity index (χ0n) is 10.4. The molecule has 1 aliphatic rings. The van der Waals surface area contributed by atoms with Crippen molar-refractivity contribution >= 4 is 0 Å². The maximum absolute atomic E-state index is 5.90. The Hall–Kier alpha value is -1.22. The van der Waals surface area contributed by atoms with Crippen molar-refractivity contribution in [3.05, 3.63) is 24.3 Å². The highest BCUT2D eigenvalue weighted by Crippen LogP contribution is 2.20. The van der Waals surface area contributed by atoms with E-state index in [-0.39, 0.29) is 0 Å². The van der Waals surface area contributed by atoms with Crippen LogP contribution in [0.15, 0.2) is 24.3 Å². The summed E-state index contributed by atoms with van der Waals surface area (Å²) in [7, 11) is 0. The minimum atomic E-state index is 0.311. The van der Waals surface area contributed by atoms with Crippen LogP contribution in [0.2, 0.25) is 0 Å². The van der Waals surface area contributed by atoms with Gasteiger partial charge >= 0.3 is 0 Å². The molecule has 1 fully saturated rings. The maximum Gasteiger partial charge on any atom is 0.120 e. The Kier molecular flexibility index (Phi) is 4.68. The van der Waals surface area contributed by atoms with Crippen molar-refractivity contribution in [2.45, 2.75) is 32.3 Å². The number of hydrogen-bond acceptors (Lipinski definition) is 3. The predicted molar refractivity (Wildman–Crippen MR) is 68.7 cm³/mol. The molecule has 0 aliphatic carbocycles. The van der Waals surface area contributed by atoms with Gasteiger partial charge in [-0.25, -0.2) is 0 Å². The lowest BCUT2D eigenvalue weighted by atomic mass is 10.1. The molecule has 17 heavy (non-hydrogen) atoms. The van der Waals surface area contributed by atoms with Gasteiger partial charge in [-0.1, -0.05) is 6.92 Å². The Bertz CT molecular complexity index is 317. The second-order valence-electron chi connectivity index (χ2n) is 4.41. The molecule has 1 aromatic carbocycles. The summed E-state index contributed by atoms with van der Waals surface area (Å²) < 4.78 is 11.4. The quantitative estimate of drug-likeness (QED) is 0.851. The van der Waals surface area contributed by atoms with E-state index in [1.54, 1.807) is 0 Å². The van der Waals surface area contributed by atoms with Crippen LogP contribution in [0, 0.1) is 0 Å². The van der Waals surface area contributed by atoms with Gasteiger partial charge in [-0.15, -0.1) is 0 Å². The molecule has 0 saturated carbocycles. The summed E-state index contributed by atoms with van der Waals surface area (Å²) in [6.07, 6.45) is 3.68. The van der Waals surface area contributed by atoms with Crippen molar-refractivity contribution in [3.63, 3.8) is 0 Å². The van der Waals surface area contributed by atoms with Crippen LogP contribution >= 0.6 is 0 Å². The van der Waals surface area contributed by atoms with E-state index in [2.05, 4.69) is 12.2 Å². The zero-order chi connectivity index (χ0) is 11.9. The van der Waals surface area contributed by atoms with Gasteiger partial charge in [-0.3, -0.25) is 0 Å². The molecule has 3 nitrogen and oxygen atoms in total. The molecule has 0 amide bonds. The third kappa shape index (κ3) is 3.93. The lowest BCUT2D eigenvalue weighted by molar-refractivity contribution is 0.167. The molecule has 0 aromatic heterocycles. The molecular weight excluding hydrogens is 214 g/mol. The van der Waals surface area contributed by atoms with Gasteiger partial charge in [0.1, 0.15) is 17.6 Å². The molecule has 0 spiro atoms. The highest BCUT2D eigenvalue weighted by molar-refractivity contribution is 5.31. The minimum Gasteiger partial charge on any atom is -0.494 e. The predicted octanol–water partition coefficient (Wildman–Crippen LogP) is 2.61. The van der Waals surface area contributed by atoms with E-state index in [9.17, 15) is 0 Å². The molecular formula is C14H21NO2. The van der Waals surface area contributed by atoms with E-state index in [0.29, 0.717) is 6.10 Å². The molecule has 1 atom stereocenters. The zero-order valence-corrected chi connectivity index (χ0v) is 10.4. The number of hydrogen-bond donors (Lipinski definition) is 1. The fraction of sp³-hybridized carbons (Fsp3) is 0.571. The molecule has 1 heterocycles. The lowest BCUT2D eigenvalue weighted by Gasteiger charge is -2.23. The number of rotatable bonds is 5. The summed E-state index contributed by atoms with van der Waals surface area (Å²) in [4.78, 5) is 0. The van der Waals surface area contributed by atoms with Crippen LogP contribution in [0.3, 0.4) is 0 Å². The van der Waals surface area contributed by atoms with Crippen LogP contribution < -0.4 is 14.8 Å². The van der Waals surface area contributed by atoms with E-state index >= 15 is 0 Å². The Balaban J connectivity index is 1.84. The monoisotopic (exact) mass is 235 g/mol. The molecule has 1 N–H and O–H groups in total. The van der Waals surface area contributed by atoms with Crippen LogP contribution in [-0.2, 0) is 0 Å². The van der Waals surface area contributed by atoms with Gasteiger partial charge in [0.2, 0.25) is 0 Å². The molecule has 0 radical (unpaired) electrons. The molecule has 0 bridgehead atoms. The normalized spacial score (nSPS) is 19.9. The van der Waals surface area contributed by atoms with Crippen LogP contribution in [0.25, 0.3) is 0 Å². The Morgan fingerprint density at radius 3 is 2.65 bits per heavy atom. The maximum atomic E-state index is 5.90. The van der Waals surface area contributed by atoms with Crippen molar-refractivity contribution in [2.24, 2.45) is 0 Å². The first-order valence-electron chi connectivity index (χ1n) is 6.48. The number of ether oxygens (including phenoxy) is 2. The van der Waals surface area contributed by atoms with Crippen LogP contribution in [-0.4, -0.2) is 25.8 Å². The highest BCUT2D eigenvalue weighted by atomic mass is 16.5. The average Bonchev–Trinajstić information content (AvgIpc) is 2.39. The first kappa shape index (κ1) is 12.2. The first-order chi connectivity index (χ1) is 8.38. The smallest absolute Gasteiger partial charge is 0.120 e. The summed E-state index contributed by atoms with van der Waals surface area (Å²) in [5.74, 6) is 1.85.